The van der Waals surface area contributed by atoms with Crippen molar-refractivity contribution in [3.05, 3.63) is 58.4 Å². The van der Waals surface area contributed by atoms with Crippen LogP contribution in [0.3, 0.4) is 0 Å². The summed E-state index contributed by atoms with van der Waals surface area (Å²) in [5.41, 5.74) is 0.349. The van der Waals surface area contributed by atoms with Gasteiger partial charge in [-0.25, -0.2) is 20.5 Å². The number of imide groups is 1. The topological polar surface area (TPSA) is 138 Å². The Labute approximate surface area is 256 Å². The average Bonchev–Trinajstić information content (AvgIpc) is 3.54. The summed E-state index contributed by atoms with van der Waals surface area (Å²) in [6, 6.07) is 4.90. The summed E-state index contributed by atoms with van der Waals surface area (Å²) in [5, 5.41) is 1.93. The number of halogens is 3. The number of urea groups is 1. The highest BCUT2D eigenvalue weighted by molar-refractivity contribution is 7.14. The van der Waals surface area contributed by atoms with Crippen LogP contribution in [-0.2, 0) is 14.3 Å². The Kier molecular flexibility index (Phi) is 9.98. The molecule has 4 rings (SSSR count). The first-order chi connectivity index (χ1) is 20.8. The molecule has 1 aliphatic carbocycles. The highest BCUT2D eigenvalue weighted by atomic mass is 32.1. The first kappa shape index (κ1) is 32.9. The number of aromatic nitrogens is 1. The van der Waals surface area contributed by atoms with Gasteiger partial charge in [-0.05, 0) is 31.1 Å². The third kappa shape index (κ3) is 7.04. The summed E-state index contributed by atoms with van der Waals surface area (Å²) >= 11 is 1.16. The van der Waals surface area contributed by atoms with E-state index in [0.29, 0.717) is 27.8 Å². The van der Waals surface area contributed by atoms with Crippen molar-refractivity contribution in [2.24, 2.45) is 17.7 Å². The largest absolute Gasteiger partial charge is 0.458 e. The number of allylic oxidation sites excluding steroid dienone is 1. The number of hydrogen-bond donors (Lipinski definition) is 2. The number of hydrazine groups is 1. The monoisotopic (exact) mass is 636 g/mol. The lowest BCUT2D eigenvalue weighted by molar-refractivity contribution is -0.139. The molecule has 1 fully saturated rings. The van der Waals surface area contributed by atoms with Gasteiger partial charge in [-0.15, -0.1) is 11.3 Å². The lowest BCUT2D eigenvalue weighted by Crippen LogP contribution is -2.51. The van der Waals surface area contributed by atoms with Crippen LogP contribution < -0.4 is 16.2 Å². The Morgan fingerprint density at radius 3 is 2.32 bits per heavy atom. The van der Waals surface area contributed by atoms with Gasteiger partial charge < -0.3 is 14.4 Å². The zero-order valence-corrected chi connectivity index (χ0v) is 25.5. The third-order valence-electron chi connectivity index (χ3n) is 6.95. The summed E-state index contributed by atoms with van der Waals surface area (Å²) in [7, 11) is 0. The van der Waals surface area contributed by atoms with Gasteiger partial charge in [0.1, 0.15) is 12.0 Å². The van der Waals surface area contributed by atoms with E-state index in [-0.39, 0.29) is 35.6 Å². The minimum atomic E-state index is -5.26. The summed E-state index contributed by atoms with van der Waals surface area (Å²) in [4.78, 5) is 60.9. The van der Waals surface area contributed by atoms with Crippen molar-refractivity contribution in [2.45, 2.75) is 71.4 Å². The van der Waals surface area contributed by atoms with E-state index in [1.165, 1.54) is 29.6 Å². The van der Waals surface area contributed by atoms with E-state index >= 15 is 0 Å². The highest BCUT2D eigenvalue weighted by Crippen LogP contribution is 2.44. The van der Waals surface area contributed by atoms with Gasteiger partial charge in [-0.1, -0.05) is 58.0 Å². The van der Waals surface area contributed by atoms with Crippen molar-refractivity contribution in [1.29, 1.82) is 0 Å². The number of carbonyl (C=O) groups is 4. The predicted octanol–water partition coefficient (Wildman–Crippen LogP) is 4.74. The molecule has 4 amide bonds. The minimum absolute atomic E-state index is 0.0553. The Hall–Kier alpha value is -3.98. The Morgan fingerprint density at radius 2 is 1.80 bits per heavy atom. The van der Waals surface area contributed by atoms with E-state index < -0.39 is 47.7 Å². The molecular weight excluding hydrogens is 601 g/mol. The molecule has 1 aromatic heterocycles. The quantitative estimate of drug-likeness (QED) is 0.119. The molecular formula is C29H35F3N6O5S. The average molecular weight is 637 g/mol. The molecule has 0 spiro atoms. The fraction of sp³-hybridized carbons (Fsp3) is 0.483. The second-order valence-electron chi connectivity index (χ2n) is 11.5. The molecule has 1 aromatic carbocycles. The lowest BCUT2D eigenvalue weighted by atomic mass is 10.0. The summed E-state index contributed by atoms with van der Waals surface area (Å²) < 4.78 is 48.6. The van der Waals surface area contributed by atoms with Gasteiger partial charge in [-0.2, -0.15) is 13.2 Å². The van der Waals surface area contributed by atoms with Crippen molar-refractivity contribution in [3.8, 4) is 0 Å². The number of ether oxygens (including phenoxy) is 1. The van der Waals surface area contributed by atoms with Crippen molar-refractivity contribution in [2.75, 3.05) is 11.4 Å². The van der Waals surface area contributed by atoms with Crippen LogP contribution in [0.5, 0.6) is 0 Å². The van der Waals surface area contributed by atoms with E-state index in [1.54, 1.807) is 25.3 Å². The number of anilines is 1. The number of thiazole rings is 1. The van der Waals surface area contributed by atoms with Crippen LogP contribution in [0.2, 0.25) is 0 Å². The van der Waals surface area contributed by atoms with Crippen LogP contribution in [0.25, 0.3) is 0 Å². The normalized spacial score (nSPS) is 17.5. The molecule has 11 nitrogen and oxygen atoms in total. The van der Waals surface area contributed by atoms with Crippen LogP contribution >= 0.6 is 11.3 Å². The molecule has 15 heteroatoms. The maximum Gasteiger partial charge on any atom is 0.451 e. The van der Waals surface area contributed by atoms with Gasteiger partial charge in [0, 0.05) is 23.5 Å². The number of aldehydes is 1. The second kappa shape index (κ2) is 13.3. The van der Waals surface area contributed by atoms with E-state index in [0.717, 1.165) is 24.2 Å². The number of amides is 4. The summed E-state index contributed by atoms with van der Waals surface area (Å²) in [6.45, 7) is 8.20. The number of nitrogens with zero attached hydrogens (tertiary/aromatic N) is 4. The fourth-order valence-corrected chi connectivity index (χ4v) is 5.83. The van der Waals surface area contributed by atoms with E-state index in [4.69, 9.17) is 10.6 Å². The predicted molar refractivity (Wildman–Crippen MR) is 156 cm³/mol. The first-order valence-electron chi connectivity index (χ1n) is 14.2. The number of nitrogens with one attached hydrogen (secondary N) is 1. The van der Waals surface area contributed by atoms with Gasteiger partial charge in [0.2, 0.25) is 12.0 Å². The number of alkyl halides is 3. The number of hydrogen-bond acceptors (Lipinski definition) is 9. The maximum atomic E-state index is 14.4. The Bertz CT molecular complexity index is 1410. The molecule has 3 N–H and O–H groups in total. The minimum Gasteiger partial charge on any atom is -0.458 e. The molecule has 2 heterocycles. The number of nitrogens with two attached hydrogens (primary N) is 1. The van der Waals surface area contributed by atoms with E-state index in [9.17, 15) is 32.3 Å². The molecule has 0 bridgehead atoms. The number of benzene rings is 1. The summed E-state index contributed by atoms with van der Waals surface area (Å²) in [6.07, 6.45) is -4.83. The lowest BCUT2D eigenvalue weighted by Gasteiger charge is -2.30. The van der Waals surface area contributed by atoms with Crippen molar-refractivity contribution in [3.63, 3.8) is 0 Å². The second-order valence-corrected chi connectivity index (χ2v) is 12.3. The SMILES string of the molecule is CC(C)C[C@@H](C=O)N(C(=O)C1=C(C(F)(F)F)OC(c2ccccc2)N1C(=O)NN)C(=O)c1csc(N(CC(C)C)C2CC2)n1. The molecule has 1 aliphatic heterocycles. The standard InChI is InChI=1S/C29H35F3N6O5S/c1-16(2)12-20(14-39)37(24(40)21-15-44-28(34-21)36(13-17(3)4)19-10-11-19)25(41)22-23(29(30,31)32)43-26(38(22)27(42)35-33)18-8-6-5-7-9-18/h5-9,14-17,19-20,26H,10-13,33H2,1-4H3,(H,35,42)/t20-,26?/m0/s1. The summed E-state index contributed by atoms with van der Waals surface area (Å²) in [5.74, 6) is 0.921. The fourth-order valence-electron chi connectivity index (χ4n) is 4.95. The molecule has 2 aromatic rings. The number of rotatable bonds is 11. The smallest absolute Gasteiger partial charge is 0.451 e. The zero-order chi connectivity index (χ0) is 32.3. The van der Waals surface area contributed by atoms with Gasteiger partial charge in [-0.3, -0.25) is 19.9 Å². The van der Waals surface area contributed by atoms with Crippen molar-refractivity contribution >= 4 is 40.6 Å². The van der Waals surface area contributed by atoms with Crippen LogP contribution in [0.1, 0.15) is 69.2 Å². The Balaban J connectivity index is 1.82. The first-order valence-corrected chi connectivity index (χ1v) is 15.0. The molecule has 0 saturated heterocycles. The van der Waals surface area contributed by atoms with Crippen LogP contribution in [-0.4, -0.2) is 63.7 Å². The van der Waals surface area contributed by atoms with Crippen molar-refractivity contribution in [1.82, 2.24) is 20.2 Å². The van der Waals surface area contributed by atoms with Crippen molar-refractivity contribution < 1.29 is 37.1 Å². The molecule has 238 valence electrons. The Morgan fingerprint density at radius 1 is 1.14 bits per heavy atom. The molecule has 1 unspecified atom stereocenters. The molecule has 1 saturated carbocycles. The zero-order valence-electron chi connectivity index (χ0n) is 24.7. The highest BCUT2D eigenvalue weighted by Gasteiger charge is 2.54. The van der Waals surface area contributed by atoms with Gasteiger partial charge in [0.25, 0.3) is 11.8 Å². The number of carbonyl (C=O) groups excluding carboxylic acids is 4. The van der Waals surface area contributed by atoms with Crippen LogP contribution in [0.15, 0.2) is 47.2 Å². The maximum absolute atomic E-state index is 14.4. The van der Waals surface area contributed by atoms with Crippen LogP contribution in [0.4, 0.5) is 23.1 Å². The molecule has 2 aliphatic rings. The van der Waals surface area contributed by atoms with Gasteiger partial charge >= 0.3 is 12.2 Å². The van der Waals surface area contributed by atoms with Gasteiger partial charge in [0.05, 0.1) is 6.04 Å². The van der Waals surface area contributed by atoms with Gasteiger partial charge in [0.15, 0.2) is 10.8 Å². The van der Waals surface area contributed by atoms with Crippen LogP contribution in [0, 0.1) is 11.8 Å². The molecule has 44 heavy (non-hydrogen) atoms. The van der Waals surface area contributed by atoms with E-state index in [1.807, 2.05) is 13.8 Å². The third-order valence-corrected chi connectivity index (χ3v) is 7.83. The molecule has 0 radical (unpaired) electrons. The molecule has 2 atom stereocenters. The van der Waals surface area contributed by atoms with E-state index in [2.05, 4.69) is 9.88 Å².